The van der Waals surface area contributed by atoms with E-state index >= 15 is 0 Å². The second kappa shape index (κ2) is 11.1. The van der Waals surface area contributed by atoms with Gasteiger partial charge >= 0.3 is 0 Å². The zero-order valence-corrected chi connectivity index (χ0v) is 32.0. The molecule has 0 saturated heterocycles. The van der Waals surface area contributed by atoms with Crippen LogP contribution in [0.2, 0.25) is 0 Å². The molecule has 1 heterocycles. The summed E-state index contributed by atoms with van der Waals surface area (Å²) in [4.78, 5) is 0. The van der Waals surface area contributed by atoms with Gasteiger partial charge in [-0.15, -0.1) is 0 Å². The minimum atomic E-state index is -0.587. The monoisotopic (exact) mass is 746 g/mol. The van der Waals surface area contributed by atoms with Crippen LogP contribution < -0.4 is 4.74 Å². The van der Waals surface area contributed by atoms with E-state index < -0.39 is 10.8 Å². The molecule has 0 fully saturated rings. The van der Waals surface area contributed by atoms with Gasteiger partial charge in [-0.25, -0.2) is 0 Å². The lowest BCUT2D eigenvalue weighted by molar-refractivity contribution is 0.442. The van der Waals surface area contributed by atoms with Gasteiger partial charge in [0.2, 0.25) is 0 Å². The maximum atomic E-state index is 7.18. The Labute approximate surface area is 342 Å². The van der Waals surface area contributed by atoms with Crippen molar-refractivity contribution in [3.63, 3.8) is 0 Å². The van der Waals surface area contributed by atoms with Crippen LogP contribution in [0.3, 0.4) is 0 Å². The predicted octanol–water partition coefficient (Wildman–Crippen LogP) is 14.5. The Bertz CT molecular complexity index is 3450. The minimum absolute atomic E-state index is 0.558. The average Bonchev–Trinajstić information content (AvgIpc) is 3.77. The molecular formula is C58H34O. The van der Waals surface area contributed by atoms with Crippen LogP contribution in [-0.4, -0.2) is 0 Å². The number of hydrogen-bond acceptors (Lipinski definition) is 1. The molecule has 272 valence electrons. The first kappa shape index (κ1) is 31.6. The molecule has 4 aliphatic rings. The molecule has 0 N–H and O–H groups in total. The van der Waals surface area contributed by atoms with Crippen molar-refractivity contribution in [3.05, 3.63) is 251 Å². The van der Waals surface area contributed by atoms with Crippen LogP contribution >= 0.6 is 0 Å². The molecule has 2 spiro atoms. The van der Waals surface area contributed by atoms with E-state index in [9.17, 15) is 0 Å². The fourth-order valence-corrected chi connectivity index (χ4v) is 12.1. The predicted molar refractivity (Wildman–Crippen MR) is 241 cm³/mol. The molecule has 1 nitrogen and oxygen atoms in total. The number of rotatable bonds is 1. The van der Waals surface area contributed by atoms with Gasteiger partial charge in [-0.1, -0.05) is 194 Å². The number of ether oxygens (including phenoxy) is 1. The van der Waals surface area contributed by atoms with Crippen molar-refractivity contribution in [1.82, 2.24) is 0 Å². The van der Waals surface area contributed by atoms with Gasteiger partial charge in [-0.2, -0.15) is 0 Å². The summed E-state index contributed by atoms with van der Waals surface area (Å²) in [5, 5.41) is 4.91. The maximum Gasteiger partial charge on any atom is 0.140 e. The molecule has 14 rings (SSSR count). The summed E-state index contributed by atoms with van der Waals surface area (Å²) in [5.74, 6) is 1.84. The average molecular weight is 747 g/mol. The van der Waals surface area contributed by atoms with Crippen LogP contribution in [0.4, 0.5) is 0 Å². The Balaban J connectivity index is 1.17. The highest BCUT2D eigenvalue weighted by molar-refractivity contribution is 6.10. The van der Waals surface area contributed by atoms with Crippen LogP contribution in [0.1, 0.15) is 44.5 Å². The summed E-state index contributed by atoms with van der Waals surface area (Å²) in [6.45, 7) is 0. The van der Waals surface area contributed by atoms with E-state index in [1.807, 2.05) is 0 Å². The third kappa shape index (κ3) is 3.65. The van der Waals surface area contributed by atoms with Gasteiger partial charge in [-0.3, -0.25) is 0 Å². The first-order valence-corrected chi connectivity index (χ1v) is 20.7. The largest absolute Gasteiger partial charge is 0.456 e. The molecule has 0 radical (unpaired) electrons. The van der Waals surface area contributed by atoms with Crippen LogP contribution in [0, 0.1) is 0 Å². The van der Waals surface area contributed by atoms with E-state index in [0.29, 0.717) is 0 Å². The summed E-state index contributed by atoms with van der Waals surface area (Å²) in [6.07, 6.45) is 0. The Hall–Kier alpha value is -7.48. The zero-order valence-electron chi connectivity index (χ0n) is 32.0. The highest BCUT2D eigenvalue weighted by Crippen LogP contribution is 2.66. The molecule has 1 atom stereocenters. The number of benzene rings is 10. The van der Waals surface area contributed by atoms with Crippen LogP contribution in [0.5, 0.6) is 11.5 Å². The topological polar surface area (TPSA) is 9.23 Å². The van der Waals surface area contributed by atoms with E-state index in [1.54, 1.807) is 0 Å². The van der Waals surface area contributed by atoms with E-state index in [2.05, 4.69) is 206 Å². The molecule has 59 heavy (non-hydrogen) atoms. The van der Waals surface area contributed by atoms with Crippen molar-refractivity contribution in [3.8, 4) is 56.0 Å². The second-order valence-electron chi connectivity index (χ2n) is 16.6. The number of fused-ring (bicyclic) bond motifs is 20. The van der Waals surface area contributed by atoms with Crippen molar-refractivity contribution in [2.75, 3.05) is 0 Å². The summed E-state index contributed by atoms with van der Waals surface area (Å²) >= 11 is 0. The van der Waals surface area contributed by atoms with Crippen molar-refractivity contribution >= 4 is 21.5 Å². The van der Waals surface area contributed by atoms with E-state index in [0.717, 1.165) is 16.9 Å². The number of hydrogen-bond donors (Lipinski definition) is 0. The maximum absolute atomic E-state index is 7.18. The molecule has 0 bridgehead atoms. The van der Waals surface area contributed by atoms with Gasteiger partial charge < -0.3 is 4.74 Å². The first-order valence-electron chi connectivity index (χ1n) is 20.7. The third-order valence-corrected chi connectivity index (χ3v) is 14.1. The molecule has 0 saturated carbocycles. The van der Waals surface area contributed by atoms with Crippen molar-refractivity contribution < 1.29 is 4.74 Å². The zero-order chi connectivity index (χ0) is 38.5. The summed E-state index contributed by atoms with van der Waals surface area (Å²) in [5.41, 5.74) is 19.4. The van der Waals surface area contributed by atoms with E-state index in [1.165, 1.54) is 105 Å². The normalized spacial score (nSPS) is 16.5. The Morgan fingerprint density at radius 2 is 0.729 bits per heavy atom. The lowest BCUT2D eigenvalue weighted by atomic mass is 9.60. The molecule has 3 aliphatic carbocycles. The van der Waals surface area contributed by atoms with Gasteiger partial charge in [0.1, 0.15) is 11.5 Å². The molecule has 10 aromatic carbocycles. The lowest BCUT2D eigenvalue weighted by Crippen LogP contribution is -2.33. The third-order valence-electron chi connectivity index (χ3n) is 14.1. The summed E-state index contributed by atoms with van der Waals surface area (Å²) in [7, 11) is 0. The summed E-state index contributed by atoms with van der Waals surface area (Å²) < 4.78 is 7.18. The smallest absolute Gasteiger partial charge is 0.140 e. The molecule has 1 aliphatic heterocycles. The highest BCUT2D eigenvalue weighted by Gasteiger charge is 2.54. The fraction of sp³-hybridized carbons (Fsp3) is 0.0345. The Morgan fingerprint density at radius 3 is 1.41 bits per heavy atom. The summed E-state index contributed by atoms with van der Waals surface area (Å²) in [6, 6.07) is 77.4. The Kier molecular flexibility index (Phi) is 5.96. The van der Waals surface area contributed by atoms with Crippen LogP contribution in [0.25, 0.3) is 66.1 Å². The van der Waals surface area contributed by atoms with Gasteiger partial charge in [0.05, 0.1) is 10.8 Å². The molecule has 1 unspecified atom stereocenters. The van der Waals surface area contributed by atoms with Gasteiger partial charge in [-0.05, 0) is 106 Å². The SMILES string of the molecule is c1ccc2c(c1)Oc1c(cc(-c3cccc4c3C3(c5ccccc5-4)c4ccccc4-c4cccc5cccc3c45)c3ccccc13)C21c2ccccc2-c2ccccc21. The first-order chi connectivity index (χ1) is 29.3. The second-order valence-corrected chi connectivity index (χ2v) is 16.6. The fourth-order valence-electron chi connectivity index (χ4n) is 12.1. The van der Waals surface area contributed by atoms with Crippen molar-refractivity contribution in [2.24, 2.45) is 0 Å². The molecule has 10 aromatic rings. The minimum Gasteiger partial charge on any atom is -0.456 e. The van der Waals surface area contributed by atoms with Crippen LogP contribution in [0.15, 0.2) is 206 Å². The molecule has 0 aromatic heterocycles. The van der Waals surface area contributed by atoms with Crippen molar-refractivity contribution in [2.45, 2.75) is 10.8 Å². The Morgan fingerprint density at radius 1 is 0.288 bits per heavy atom. The van der Waals surface area contributed by atoms with Crippen molar-refractivity contribution in [1.29, 1.82) is 0 Å². The standard InChI is InChI=1S/C58H34O/c1-2-23-44-36(18-1)45(34-52-56(44)59-53-33-12-11-31-50(53)57(52)46-27-7-3-19-37(46)38-20-4-8-28-47(38)57)43-26-15-25-42-40-22-6-10-30-49(40)58(55(42)43)48-29-9-5-21-39(48)41-24-13-16-35-17-14-32-51(58)54(35)41/h1-34H. The van der Waals surface area contributed by atoms with Crippen LogP contribution in [-0.2, 0) is 10.8 Å². The van der Waals surface area contributed by atoms with Gasteiger partial charge in [0.25, 0.3) is 0 Å². The molecule has 0 amide bonds. The quantitative estimate of drug-likeness (QED) is 0.163. The highest BCUT2D eigenvalue weighted by atomic mass is 16.5. The molecular weight excluding hydrogens is 713 g/mol. The van der Waals surface area contributed by atoms with Gasteiger partial charge in [0.15, 0.2) is 0 Å². The van der Waals surface area contributed by atoms with Gasteiger partial charge in [0, 0.05) is 16.5 Å². The molecule has 1 heteroatoms. The number of para-hydroxylation sites is 1. The lowest BCUT2D eigenvalue weighted by Gasteiger charge is -2.42. The van der Waals surface area contributed by atoms with E-state index in [-0.39, 0.29) is 0 Å². The van der Waals surface area contributed by atoms with E-state index in [4.69, 9.17) is 4.74 Å².